The zero-order valence-electron chi connectivity index (χ0n) is 6.87. The third-order valence-corrected chi connectivity index (χ3v) is 3.07. The van der Waals surface area contributed by atoms with Gasteiger partial charge in [-0.2, -0.15) is 0 Å². The minimum Gasteiger partial charge on any atom is -0.396 e. The first kappa shape index (κ1) is 7.35. The van der Waals surface area contributed by atoms with Gasteiger partial charge in [0.15, 0.2) is 0 Å². The molecule has 0 amide bonds. The Hall–Kier alpha value is -0.300. The highest BCUT2D eigenvalue weighted by molar-refractivity contribution is 5.05. The fraction of sp³-hybridized carbons (Fsp3) is 0.800. The molecule has 2 bridgehead atoms. The molecule has 62 valence electrons. The predicted molar refractivity (Wildman–Crippen MR) is 45.2 cm³/mol. The number of hydrogen-bond donors (Lipinski definition) is 1. The second-order valence-electron chi connectivity index (χ2n) is 3.99. The summed E-state index contributed by atoms with van der Waals surface area (Å²) in [7, 11) is 0. The van der Waals surface area contributed by atoms with Crippen molar-refractivity contribution >= 4 is 0 Å². The molecular formula is C10H16O. The molecule has 2 aliphatic rings. The summed E-state index contributed by atoms with van der Waals surface area (Å²) in [6, 6.07) is 0. The number of allylic oxidation sites excluding steroid dienone is 2. The van der Waals surface area contributed by atoms with Gasteiger partial charge >= 0.3 is 0 Å². The molecule has 0 aromatic carbocycles. The van der Waals surface area contributed by atoms with Crippen molar-refractivity contribution in [2.24, 2.45) is 17.8 Å². The predicted octanol–water partition coefficient (Wildman–Crippen LogP) is 1.97. The molecule has 1 saturated carbocycles. The van der Waals surface area contributed by atoms with Crippen LogP contribution in [0.2, 0.25) is 0 Å². The van der Waals surface area contributed by atoms with E-state index in [4.69, 9.17) is 5.11 Å². The van der Waals surface area contributed by atoms with E-state index in [-0.39, 0.29) is 0 Å². The average Bonchev–Trinajstić information content (AvgIpc) is 2.32. The van der Waals surface area contributed by atoms with E-state index in [1.54, 1.807) is 0 Å². The SMILES string of the molecule is OCCC1CC2C=CC(C2)C1. The second kappa shape index (κ2) is 2.98. The van der Waals surface area contributed by atoms with Crippen LogP contribution in [0.15, 0.2) is 12.2 Å². The van der Waals surface area contributed by atoms with Crippen LogP contribution in [-0.4, -0.2) is 11.7 Å². The first-order valence-electron chi connectivity index (χ1n) is 4.67. The van der Waals surface area contributed by atoms with Gasteiger partial charge < -0.3 is 5.11 Å². The molecule has 2 unspecified atom stereocenters. The maximum atomic E-state index is 8.79. The van der Waals surface area contributed by atoms with E-state index in [2.05, 4.69) is 12.2 Å². The summed E-state index contributed by atoms with van der Waals surface area (Å²) in [5, 5.41) is 8.79. The second-order valence-corrected chi connectivity index (χ2v) is 3.99. The lowest BCUT2D eigenvalue weighted by molar-refractivity contribution is 0.203. The normalized spacial score (nSPS) is 41.4. The lowest BCUT2D eigenvalue weighted by Gasteiger charge is -2.27. The Balaban J connectivity index is 1.90. The highest BCUT2D eigenvalue weighted by Gasteiger charge is 2.29. The van der Waals surface area contributed by atoms with E-state index in [9.17, 15) is 0 Å². The zero-order chi connectivity index (χ0) is 7.68. The van der Waals surface area contributed by atoms with Gasteiger partial charge in [-0.3, -0.25) is 0 Å². The van der Waals surface area contributed by atoms with Crippen molar-refractivity contribution < 1.29 is 5.11 Å². The topological polar surface area (TPSA) is 20.2 Å². The Morgan fingerprint density at radius 2 is 1.73 bits per heavy atom. The lowest BCUT2D eigenvalue weighted by Crippen LogP contribution is -2.17. The first-order valence-corrected chi connectivity index (χ1v) is 4.67. The van der Waals surface area contributed by atoms with E-state index in [0.29, 0.717) is 6.61 Å². The van der Waals surface area contributed by atoms with Crippen molar-refractivity contribution in [2.45, 2.75) is 25.7 Å². The van der Waals surface area contributed by atoms with Crippen LogP contribution in [-0.2, 0) is 0 Å². The fourth-order valence-corrected chi connectivity index (χ4v) is 2.58. The number of rotatable bonds is 2. The molecule has 0 heterocycles. The Morgan fingerprint density at radius 1 is 1.09 bits per heavy atom. The lowest BCUT2D eigenvalue weighted by atomic mass is 9.79. The largest absolute Gasteiger partial charge is 0.396 e. The Kier molecular flexibility index (Phi) is 1.99. The highest BCUT2D eigenvalue weighted by Crippen LogP contribution is 2.40. The van der Waals surface area contributed by atoms with Gasteiger partial charge in [-0.05, 0) is 43.4 Å². The Bertz CT molecular complexity index is 148. The van der Waals surface area contributed by atoms with Gasteiger partial charge in [0.05, 0.1) is 0 Å². The molecule has 0 spiro atoms. The van der Waals surface area contributed by atoms with E-state index in [1.807, 2.05) is 0 Å². The Morgan fingerprint density at radius 3 is 2.27 bits per heavy atom. The third kappa shape index (κ3) is 1.48. The smallest absolute Gasteiger partial charge is 0.0433 e. The van der Waals surface area contributed by atoms with Gasteiger partial charge in [-0.15, -0.1) is 0 Å². The molecule has 0 aromatic rings. The molecule has 2 aliphatic carbocycles. The highest BCUT2D eigenvalue weighted by atomic mass is 16.3. The van der Waals surface area contributed by atoms with Crippen LogP contribution in [0.3, 0.4) is 0 Å². The third-order valence-electron chi connectivity index (χ3n) is 3.07. The van der Waals surface area contributed by atoms with Crippen molar-refractivity contribution in [1.82, 2.24) is 0 Å². The zero-order valence-corrected chi connectivity index (χ0v) is 6.87. The molecule has 1 heteroatoms. The molecule has 1 nitrogen and oxygen atoms in total. The molecule has 0 aromatic heterocycles. The Labute approximate surface area is 68.1 Å². The summed E-state index contributed by atoms with van der Waals surface area (Å²) in [4.78, 5) is 0. The van der Waals surface area contributed by atoms with Crippen LogP contribution in [0.5, 0.6) is 0 Å². The molecular weight excluding hydrogens is 136 g/mol. The first-order chi connectivity index (χ1) is 5.38. The van der Waals surface area contributed by atoms with Gasteiger partial charge in [0.2, 0.25) is 0 Å². The van der Waals surface area contributed by atoms with Crippen molar-refractivity contribution in [3.05, 3.63) is 12.2 Å². The van der Waals surface area contributed by atoms with Gasteiger partial charge in [0.1, 0.15) is 0 Å². The number of aliphatic hydroxyl groups is 1. The van der Waals surface area contributed by atoms with Crippen LogP contribution in [0.1, 0.15) is 25.7 Å². The molecule has 0 saturated heterocycles. The van der Waals surface area contributed by atoms with E-state index in [1.165, 1.54) is 19.3 Å². The summed E-state index contributed by atoms with van der Waals surface area (Å²) >= 11 is 0. The van der Waals surface area contributed by atoms with Crippen molar-refractivity contribution in [3.63, 3.8) is 0 Å². The molecule has 0 aliphatic heterocycles. The van der Waals surface area contributed by atoms with Gasteiger partial charge in [-0.25, -0.2) is 0 Å². The number of hydrogen-bond acceptors (Lipinski definition) is 1. The van der Waals surface area contributed by atoms with E-state index >= 15 is 0 Å². The average molecular weight is 152 g/mol. The maximum absolute atomic E-state index is 8.79. The van der Waals surface area contributed by atoms with Crippen molar-refractivity contribution in [1.29, 1.82) is 0 Å². The van der Waals surface area contributed by atoms with Gasteiger partial charge in [0.25, 0.3) is 0 Å². The molecule has 1 N–H and O–H groups in total. The minimum atomic E-state index is 0.379. The molecule has 2 atom stereocenters. The van der Waals surface area contributed by atoms with Crippen molar-refractivity contribution in [2.75, 3.05) is 6.61 Å². The molecule has 11 heavy (non-hydrogen) atoms. The summed E-state index contributed by atoms with van der Waals surface area (Å²) in [6.07, 6.45) is 9.82. The maximum Gasteiger partial charge on any atom is 0.0433 e. The quantitative estimate of drug-likeness (QED) is 0.600. The van der Waals surface area contributed by atoms with Crippen molar-refractivity contribution in [3.8, 4) is 0 Å². The van der Waals surface area contributed by atoms with E-state index in [0.717, 1.165) is 24.2 Å². The molecule has 0 radical (unpaired) electrons. The number of fused-ring (bicyclic) bond motifs is 2. The molecule has 2 rings (SSSR count). The summed E-state index contributed by atoms with van der Waals surface area (Å²) < 4.78 is 0. The number of aliphatic hydroxyl groups excluding tert-OH is 1. The summed E-state index contributed by atoms with van der Waals surface area (Å²) in [5.74, 6) is 2.51. The van der Waals surface area contributed by atoms with Crippen LogP contribution < -0.4 is 0 Å². The van der Waals surface area contributed by atoms with Gasteiger partial charge in [-0.1, -0.05) is 12.2 Å². The monoisotopic (exact) mass is 152 g/mol. The van der Waals surface area contributed by atoms with E-state index < -0.39 is 0 Å². The standard InChI is InChI=1S/C10H16O/c11-4-3-10-6-8-1-2-9(5-8)7-10/h1-2,8-11H,3-7H2. The summed E-state index contributed by atoms with van der Waals surface area (Å²) in [6.45, 7) is 0.379. The minimum absolute atomic E-state index is 0.379. The fourth-order valence-electron chi connectivity index (χ4n) is 2.58. The van der Waals surface area contributed by atoms with Gasteiger partial charge in [0, 0.05) is 6.61 Å². The van der Waals surface area contributed by atoms with Crippen LogP contribution in [0.25, 0.3) is 0 Å². The van der Waals surface area contributed by atoms with Crippen LogP contribution in [0.4, 0.5) is 0 Å². The molecule has 1 fully saturated rings. The van der Waals surface area contributed by atoms with Crippen LogP contribution >= 0.6 is 0 Å². The summed E-state index contributed by atoms with van der Waals surface area (Å²) in [5.41, 5.74) is 0. The van der Waals surface area contributed by atoms with Crippen LogP contribution in [0, 0.1) is 17.8 Å².